The lowest BCUT2D eigenvalue weighted by atomic mass is 9.81. The Hall–Kier alpha value is -1.00. The molecule has 0 amide bonds. The molecule has 0 radical (unpaired) electrons. The second kappa shape index (κ2) is 6.84. The van der Waals surface area contributed by atoms with Crippen molar-refractivity contribution in [2.45, 2.75) is 57.6 Å². The highest BCUT2D eigenvalue weighted by atomic mass is 19.1. The predicted molar refractivity (Wildman–Crippen MR) is 80.2 cm³/mol. The number of rotatable bonds is 6. The SMILES string of the molecule is CCC(CC)(C(O)Cc1ccc(F)cc1F)N1CCCC1. The van der Waals surface area contributed by atoms with Crippen LogP contribution in [0.2, 0.25) is 0 Å². The van der Waals surface area contributed by atoms with Gasteiger partial charge < -0.3 is 5.11 Å². The third-order valence-corrected chi connectivity index (χ3v) is 5.01. The molecule has 0 saturated carbocycles. The lowest BCUT2D eigenvalue weighted by Crippen LogP contribution is -2.55. The maximum Gasteiger partial charge on any atom is 0.129 e. The molecule has 1 heterocycles. The molecule has 4 heteroatoms. The van der Waals surface area contributed by atoms with Gasteiger partial charge in [0.25, 0.3) is 0 Å². The molecule has 0 bridgehead atoms. The van der Waals surface area contributed by atoms with Gasteiger partial charge in [-0.25, -0.2) is 8.78 Å². The van der Waals surface area contributed by atoms with E-state index in [4.69, 9.17) is 0 Å². The topological polar surface area (TPSA) is 23.5 Å². The van der Waals surface area contributed by atoms with Crippen LogP contribution in [0.5, 0.6) is 0 Å². The van der Waals surface area contributed by atoms with Gasteiger partial charge in [-0.05, 0) is 50.4 Å². The van der Waals surface area contributed by atoms with E-state index in [1.165, 1.54) is 12.1 Å². The molecule has 1 aromatic rings. The second-order valence-corrected chi connectivity index (χ2v) is 5.96. The van der Waals surface area contributed by atoms with E-state index >= 15 is 0 Å². The Bertz CT molecular complexity index is 468. The van der Waals surface area contributed by atoms with Gasteiger partial charge in [0.15, 0.2) is 0 Å². The Kier molecular flexibility index (Phi) is 5.33. The smallest absolute Gasteiger partial charge is 0.129 e. The van der Waals surface area contributed by atoms with Crippen LogP contribution in [0.4, 0.5) is 8.78 Å². The lowest BCUT2D eigenvalue weighted by molar-refractivity contribution is -0.0273. The zero-order valence-electron chi connectivity index (χ0n) is 12.9. The van der Waals surface area contributed by atoms with Crippen molar-refractivity contribution in [3.05, 3.63) is 35.4 Å². The van der Waals surface area contributed by atoms with Crippen LogP contribution >= 0.6 is 0 Å². The Morgan fingerprint density at radius 1 is 1.19 bits per heavy atom. The van der Waals surface area contributed by atoms with E-state index in [-0.39, 0.29) is 12.0 Å². The van der Waals surface area contributed by atoms with Crippen LogP contribution in [-0.2, 0) is 6.42 Å². The van der Waals surface area contributed by atoms with Crippen molar-refractivity contribution in [1.29, 1.82) is 0 Å². The average molecular weight is 297 g/mol. The number of aliphatic hydroxyl groups excluding tert-OH is 1. The molecule has 1 unspecified atom stereocenters. The van der Waals surface area contributed by atoms with E-state index < -0.39 is 17.7 Å². The molecule has 1 atom stereocenters. The van der Waals surface area contributed by atoms with Gasteiger partial charge >= 0.3 is 0 Å². The third-order valence-electron chi connectivity index (χ3n) is 5.01. The molecule has 1 N–H and O–H groups in total. The van der Waals surface area contributed by atoms with Crippen molar-refractivity contribution in [3.8, 4) is 0 Å². The van der Waals surface area contributed by atoms with Gasteiger partial charge in [-0.2, -0.15) is 0 Å². The van der Waals surface area contributed by atoms with E-state index in [0.29, 0.717) is 5.56 Å². The number of halogens is 2. The molecule has 0 aliphatic carbocycles. The minimum atomic E-state index is -0.648. The highest BCUT2D eigenvalue weighted by Gasteiger charge is 2.41. The van der Waals surface area contributed by atoms with Gasteiger partial charge in [-0.3, -0.25) is 4.90 Å². The summed E-state index contributed by atoms with van der Waals surface area (Å²) in [5.41, 5.74) is 0.0755. The van der Waals surface area contributed by atoms with E-state index in [1.54, 1.807) is 0 Å². The minimum absolute atomic E-state index is 0.226. The summed E-state index contributed by atoms with van der Waals surface area (Å²) >= 11 is 0. The number of nitrogens with zero attached hydrogens (tertiary/aromatic N) is 1. The summed E-state index contributed by atoms with van der Waals surface area (Å²) in [5, 5.41) is 10.8. The number of hydrogen-bond acceptors (Lipinski definition) is 2. The van der Waals surface area contributed by atoms with Crippen LogP contribution in [0.25, 0.3) is 0 Å². The predicted octanol–water partition coefficient (Wildman–Crippen LogP) is 3.52. The second-order valence-electron chi connectivity index (χ2n) is 5.96. The molecular formula is C17H25F2NO. The zero-order chi connectivity index (χ0) is 15.5. The van der Waals surface area contributed by atoms with Gasteiger partial charge in [0.2, 0.25) is 0 Å². The maximum absolute atomic E-state index is 13.8. The maximum atomic E-state index is 13.8. The summed E-state index contributed by atoms with van der Waals surface area (Å²) in [6.07, 6.45) is 3.54. The summed E-state index contributed by atoms with van der Waals surface area (Å²) < 4.78 is 26.8. The molecule has 1 fully saturated rings. The van der Waals surface area contributed by atoms with Crippen molar-refractivity contribution in [1.82, 2.24) is 4.90 Å². The average Bonchev–Trinajstić information content (AvgIpc) is 2.99. The summed E-state index contributed by atoms with van der Waals surface area (Å²) in [7, 11) is 0. The number of benzene rings is 1. The van der Waals surface area contributed by atoms with Crippen molar-refractivity contribution < 1.29 is 13.9 Å². The van der Waals surface area contributed by atoms with E-state index in [2.05, 4.69) is 18.7 Å². The first-order valence-electron chi connectivity index (χ1n) is 7.90. The first kappa shape index (κ1) is 16.4. The largest absolute Gasteiger partial charge is 0.391 e. The Morgan fingerprint density at radius 2 is 1.81 bits per heavy atom. The summed E-state index contributed by atoms with van der Waals surface area (Å²) in [5.74, 6) is -1.15. The quantitative estimate of drug-likeness (QED) is 0.868. The van der Waals surface area contributed by atoms with Crippen LogP contribution in [0.15, 0.2) is 18.2 Å². The van der Waals surface area contributed by atoms with Gasteiger partial charge in [-0.1, -0.05) is 19.9 Å². The molecule has 1 aromatic carbocycles. The molecular weight excluding hydrogens is 272 g/mol. The van der Waals surface area contributed by atoms with Crippen molar-refractivity contribution in [3.63, 3.8) is 0 Å². The summed E-state index contributed by atoms with van der Waals surface area (Å²) in [4.78, 5) is 2.35. The molecule has 118 valence electrons. The fourth-order valence-corrected chi connectivity index (χ4v) is 3.63. The number of likely N-dealkylation sites (tertiary alicyclic amines) is 1. The molecule has 21 heavy (non-hydrogen) atoms. The Morgan fingerprint density at radius 3 is 2.33 bits per heavy atom. The fraction of sp³-hybridized carbons (Fsp3) is 0.647. The first-order valence-corrected chi connectivity index (χ1v) is 7.90. The molecule has 1 aliphatic rings. The lowest BCUT2D eigenvalue weighted by Gasteiger charge is -2.44. The van der Waals surface area contributed by atoms with Crippen molar-refractivity contribution in [2.75, 3.05) is 13.1 Å². The third kappa shape index (κ3) is 3.27. The van der Waals surface area contributed by atoms with Gasteiger partial charge in [0, 0.05) is 18.0 Å². The first-order chi connectivity index (χ1) is 10.0. The molecule has 1 saturated heterocycles. The van der Waals surface area contributed by atoms with E-state index in [9.17, 15) is 13.9 Å². The van der Waals surface area contributed by atoms with Gasteiger partial charge in [-0.15, -0.1) is 0 Å². The van der Waals surface area contributed by atoms with Crippen LogP contribution < -0.4 is 0 Å². The van der Waals surface area contributed by atoms with Crippen LogP contribution in [0.1, 0.15) is 45.1 Å². The molecule has 2 rings (SSSR count). The van der Waals surface area contributed by atoms with E-state index in [0.717, 1.165) is 44.8 Å². The van der Waals surface area contributed by atoms with Crippen LogP contribution in [0, 0.1) is 11.6 Å². The molecule has 2 nitrogen and oxygen atoms in total. The van der Waals surface area contributed by atoms with Crippen LogP contribution in [0.3, 0.4) is 0 Å². The highest BCUT2D eigenvalue weighted by molar-refractivity contribution is 5.20. The Labute approximate surface area is 125 Å². The number of aliphatic hydroxyl groups is 1. The van der Waals surface area contributed by atoms with Crippen molar-refractivity contribution in [2.24, 2.45) is 0 Å². The molecule has 0 aromatic heterocycles. The Balaban J connectivity index is 2.20. The summed E-state index contributed by atoms with van der Waals surface area (Å²) in [6, 6.07) is 3.58. The zero-order valence-corrected chi connectivity index (χ0v) is 12.9. The number of hydrogen-bond donors (Lipinski definition) is 1. The van der Waals surface area contributed by atoms with E-state index in [1.807, 2.05) is 0 Å². The van der Waals surface area contributed by atoms with Crippen molar-refractivity contribution >= 4 is 0 Å². The normalized spacial score (nSPS) is 18.1. The summed E-state index contributed by atoms with van der Waals surface area (Å²) in [6.45, 7) is 6.13. The highest BCUT2D eigenvalue weighted by Crippen LogP contribution is 2.33. The molecule has 0 spiro atoms. The monoisotopic (exact) mass is 297 g/mol. The van der Waals surface area contributed by atoms with Crippen LogP contribution in [-0.4, -0.2) is 34.7 Å². The minimum Gasteiger partial charge on any atom is -0.391 e. The fourth-order valence-electron chi connectivity index (χ4n) is 3.63. The van der Waals surface area contributed by atoms with Gasteiger partial charge in [0.1, 0.15) is 11.6 Å². The van der Waals surface area contributed by atoms with Gasteiger partial charge in [0.05, 0.1) is 6.10 Å². The standard InChI is InChI=1S/C17H25F2NO/c1-3-17(4-2,20-9-5-6-10-20)16(21)11-13-7-8-14(18)12-15(13)19/h7-8,12,16,21H,3-6,9-11H2,1-2H3. The molecule has 1 aliphatic heterocycles.